The van der Waals surface area contributed by atoms with E-state index >= 15 is 0 Å². The Morgan fingerprint density at radius 3 is 2.32 bits per heavy atom. The molecule has 1 aromatic carbocycles. The predicted octanol–water partition coefficient (Wildman–Crippen LogP) is 2.78. The molecule has 2 nitrogen and oxygen atoms in total. The van der Waals surface area contributed by atoms with E-state index in [9.17, 15) is 0 Å². The number of nitrogens with one attached hydrogen (secondary N) is 1. The summed E-state index contributed by atoms with van der Waals surface area (Å²) in [5.74, 6) is 1.01. The maximum absolute atomic E-state index is 5.79. The zero-order chi connectivity index (χ0) is 14.1. The molecule has 0 aromatic heterocycles. The number of ether oxygens (including phenoxy) is 1. The number of hydrogen-bond acceptors (Lipinski definition) is 1. The van der Waals surface area contributed by atoms with Crippen molar-refractivity contribution in [1.82, 2.24) is 0 Å². The summed E-state index contributed by atoms with van der Waals surface area (Å²) in [4.78, 5) is 1.70. The standard InChI is InChI=1S/C17H29NO/c1-5-18(6-2)12-8-7-9-13-19-17-11-10-15(3)16(4)14-17/h10-11,14H,5-9,12-13H2,1-4H3/p+1. The van der Waals surface area contributed by atoms with Gasteiger partial charge in [0.05, 0.1) is 26.2 Å². The molecular weight excluding hydrogens is 234 g/mol. The molecule has 0 radical (unpaired) electrons. The first-order valence-corrected chi connectivity index (χ1v) is 7.71. The lowest BCUT2D eigenvalue weighted by molar-refractivity contribution is -0.896. The third kappa shape index (κ3) is 6.11. The number of hydrogen-bond donors (Lipinski definition) is 1. The van der Waals surface area contributed by atoms with E-state index < -0.39 is 0 Å². The van der Waals surface area contributed by atoms with Gasteiger partial charge in [-0.1, -0.05) is 6.07 Å². The molecule has 108 valence electrons. The highest BCUT2D eigenvalue weighted by atomic mass is 16.5. The van der Waals surface area contributed by atoms with Crippen molar-refractivity contribution in [3.63, 3.8) is 0 Å². The number of benzene rings is 1. The number of aryl methyl sites for hydroxylation is 2. The molecule has 1 rings (SSSR count). The van der Waals surface area contributed by atoms with Crippen LogP contribution in [-0.2, 0) is 0 Å². The van der Waals surface area contributed by atoms with Crippen LogP contribution in [0.2, 0.25) is 0 Å². The summed E-state index contributed by atoms with van der Waals surface area (Å²) in [7, 11) is 0. The van der Waals surface area contributed by atoms with Gasteiger partial charge in [-0.15, -0.1) is 0 Å². The maximum atomic E-state index is 5.79. The normalized spacial score (nSPS) is 11.0. The molecule has 0 saturated heterocycles. The van der Waals surface area contributed by atoms with Crippen molar-refractivity contribution in [2.45, 2.75) is 47.0 Å². The summed E-state index contributed by atoms with van der Waals surface area (Å²) in [5, 5.41) is 0. The summed E-state index contributed by atoms with van der Waals surface area (Å²) in [6, 6.07) is 6.34. The summed E-state index contributed by atoms with van der Waals surface area (Å²) in [6.07, 6.45) is 3.75. The van der Waals surface area contributed by atoms with E-state index in [1.807, 2.05) is 0 Å². The number of unbranched alkanes of at least 4 members (excludes halogenated alkanes) is 2. The van der Waals surface area contributed by atoms with Crippen molar-refractivity contribution < 1.29 is 9.64 Å². The Labute approximate surface area is 118 Å². The van der Waals surface area contributed by atoms with Gasteiger partial charge < -0.3 is 9.64 Å². The Morgan fingerprint density at radius 1 is 0.947 bits per heavy atom. The number of quaternary nitrogens is 1. The second-order valence-corrected chi connectivity index (χ2v) is 5.36. The van der Waals surface area contributed by atoms with Crippen LogP contribution in [0.5, 0.6) is 5.75 Å². The molecule has 0 aliphatic rings. The fourth-order valence-electron chi connectivity index (χ4n) is 2.25. The Morgan fingerprint density at radius 2 is 1.68 bits per heavy atom. The van der Waals surface area contributed by atoms with Gasteiger partial charge >= 0.3 is 0 Å². The average Bonchev–Trinajstić information content (AvgIpc) is 2.42. The van der Waals surface area contributed by atoms with Gasteiger partial charge in [0.2, 0.25) is 0 Å². The van der Waals surface area contributed by atoms with Crippen LogP contribution >= 0.6 is 0 Å². The molecule has 0 saturated carbocycles. The van der Waals surface area contributed by atoms with Gasteiger partial charge in [0, 0.05) is 0 Å². The molecule has 0 spiro atoms. The summed E-state index contributed by atoms with van der Waals surface area (Å²) >= 11 is 0. The van der Waals surface area contributed by atoms with Crippen molar-refractivity contribution in [3.05, 3.63) is 29.3 Å². The van der Waals surface area contributed by atoms with Crippen LogP contribution in [0.3, 0.4) is 0 Å². The van der Waals surface area contributed by atoms with Gasteiger partial charge in [-0.2, -0.15) is 0 Å². The quantitative estimate of drug-likeness (QED) is 0.677. The van der Waals surface area contributed by atoms with E-state index in [1.165, 1.54) is 43.6 Å². The van der Waals surface area contributed by atoms with Gasteiger partial charge in [0.1, 0.15) is 5.75 Å². The van der Waals surface area contributed by atoms with Crippen LogP contribution in [0.25, 0.3) is 0 Å². The predicted molar refractivity (Wildman–Crippen MR) is 82.2 cm³/mol. The lowest BCUT2D eigenvalue weighted by Crippen LogP contribution is -3.11. The first kappa shape index (κ1) is 16.0. The van der Waals surface area contributed by atoms with Crippen molar-refractivity contribution >= 4 is 0 Å². The van der Waals surface area contributed by atoms with E-state index in [1.54, 1.807) is 4.90 Å². The largest absolute Gasteiger partial charge is 0.494 e. The third-order valence-electron chi connectivity index (χ3n) is 3.92. The molecule has 0 amide bonds. The zero-order valence-corrected chi connectivity index (χ0v) is 13.1. The molecule has 0 aliphatic carbocycles. The molecule has 1 aromatic rings. The fraction of sp³-hybridized carbons (Fsp3) is 0.647. The molecule has 0 heterocycles. The zero-order valence-electron chi connectivity index (χ0n) is 13.1. The van der Waals surface area contributed by atoms with Crippen molar-refractivity contribution in [3.8, 4) is 5.75 Å². The Hall–Kier alpha value is -1.02. The van der Waals surface area contributed by atoms with Crippen LogP contribution in [0.15, 0.2) is 18.2 Å². The van der Waals surface area contributed by atoms with Crippen LogP contribution in [-0.4, -0.2) is 26.2 Å². The second kappa shape index (κ2) is 8.98. The third-order valence-corrected chi connectivity index (χ3v) is 3.92. The minimum Gasteiger partial charge on any atom is -0.494 e. The molecule has 1 N–H and O–H groups in total. The van der Waals surface area contributed by atoms with Crippen LogP contribution in [0.4, 0.5) is 0 Å². The molecule has 0 bridgehead atoms. The van der Waals surface area contributed by atoms with Crippen molar-refractivity contribution in [2.24, 2.45) is 0 Å². The lowest BCUT2D eigenvalue weighted by Gasteiger charge is -2.15. The Balaban J connectivity index is 2.12. The minimum atomic E-state index is 0.843. The highest BCUT2D eigenvalue weighted by Crippen LogP contribution is 2.16. The molecule has 0 fully saturated rings. The van der Waals surface area contributed by atoms with Gasteiger partial charge in [0.25, 0.3) is 0 Å². The molecule has 0 unspecified atom stereocenters. The Bertz CT molecular complexity index is 358. The van der Waals surface area contributed by atoms with Gasteiger partial charge in [0.15, 0.2) is 0 Å². The Kier molecular flexibility index (Phi) is 7.57. The van der Waals surface area contributed by atoms with Crippen LogP contribution < -0.4 is 9.64 Å². The SMILES string of the molecule is CC[NH+](CC)CCCCCOc1ccc(C)c(C)c1. The van der Waals surface area contributed by atoms with Gasteiger partial charge in [-0.3, -0.25) is 0 Å². The fourth-order valence-corrected chi connectivity index (χ4v) is 2.25. The first-order valence-electron chi connectivity index (χ1n) is 7.71. The van der Waals surface area contributed by atoms with E-state index in [4.69, 9.17) is 4.74 Å². The molecule has 0 atom stereocenters. The summed E-state index contributed by atoms with van der Waals surface area (Å²) < 4.78 is 5.79. The maximum Gasteiger partial charge on any atom is 0.119 e. The molecule has 2 heteroatoms. The minimum absolute atomic E-state index is 0.843. The monoisotopic (exact) mass is 264 g/mol. The highest BCUT2D eigenvalue weighted by molar-refractivity contribution is 5.33. The van der Waals surface area contributed by atoms with E-state index in [0.29, 0.717) is 0 Å². The van der Waals surface area contributed by atoms with Crippen LogP contribution in [0.1, 0.15) is 44.2 Å². The first-order chi connectivity index (χ1) is 9.17. The van der Waals surface area contributed by atoms with Gasteiger partial charge in [-0.25, -0.2) is 0 Å². The number of rotatable bonds is 9. The molecule has 19 heavy (non-hydrogen) atoms. The molecular formula is C17H30NO+. The second-order valence-electron chi connectivity index (χ2n) is 5.36. The smallest absolute Gasteiger partial charge is 0.119 e. The van der Waals surface area contributed by atoms with Crippen molar-refractivity contribution in [1.29, 1.82) is 0 Å². The van der Waals surface area contributed by atoms with Crippen molar-refractivity contribution in [2.75, 3.05) is 26.2 Å². The topological polar surface area (TPSA) is 13.7 Å². The highest BCUT2D eigenvalue weighted by Gasteiger charge is 2.01. The average molecular weight is 264 g/mol. The summed E-state index contributed by atoms with van der Waals surface area (Å²) in [6.45, 7) is 13.4. The van der Waals surface area contributed by atoms with Crippen LogP contribution in [0, 0.1) is 13.8 Å². The van der Waals surface area contributed by atoms with E-state index in [-0.39, 0.29) is 0 Å². The lowest BCUT2D eigenvalue weighted by atomic mass is 10.1. The van der Waals surface area contributed by atoms with Gasteiger partial charge in [-0.05, 0) is 70.2 Å². The summed E-state index contributed by atoms with van der Waals surface area (Å²) in [5.41, 5.74) is 2.64. The molecule has 0 aliphatic heterocycles. The van der Waals surface area contributed by atoms with E-state index in [0.717, 1.165) is 18.8 Å². The van der Waals surface area contributed by atoms with E-state index in [2.05, 4.69) is 45.9 Å².